The summed E-state index contributed by atoms with van der Waals surface area (Å²) in [5.41, 5.74) is 0.229. The second-order valence-corrected chi connectivity index (χ2v) is 6.47. The van der Waals surface area contributed by atoms with Crippen LogP contribution in [0.25, 0.3) is 0 Å². The van der Waals surface area contributed by atoms with Gasteiger partial charge in [-0.05, 0) is 38.4 Å². The molecular weight excluding hydrogens is 306 g/mol. The number of Topliss-reactive ketones (excluding diaryl/α,β-unsaturated/α-hetero) is 1. The fourth-order valence-electron chi connectivity index (χ4n) is 2.47. The van der Waals surface area contributed by atoms with E-state index >= 15 is 0 Å². The van der Waals surface area contributed by atoms with Gasteiger partial charge >= 0.3 is 0 Å². The predicted octanol–water partition coefficient (Wildman–Crippen LogP) is 2.87. The summed E-state index contributed by atoms with van der Waals surface area (Å²) in [4.78, 5) is 14.2. The van der Waals surface area contributed by atoms with Crippen molar-refractivity contribution in [3.8, 4) is 0 Å². The molecule has 0 spiro atoms. The number of hydrogen-bond donors (Lipinski definition) is 1. The third-order valence-corrected chi connectivity index (χ3v) is 4.10. The van der Waals surface area contributed by atoms with Crippen molar-refractivity contribution in [2.24, 2.45) is 0 Å². The first-order valence-electron chi connectivity index (χ1n) is 6.70. The molecule has 104 valence electrons. The fourth-order valence-corrected chi connectivity index (χ4v) is 2.74. The Kier molecular flexibility index (Phi) is 4.76. The van der Waals surface area contributed by atoms with Crippen LogP contribution >= 0.6 is 15.9 Å². The van der Waals surface area contributed by atoms with Gasteiger partial charge in [-0.2, -0.15) is 0 Å². The number of benzene rings is 1. The van der Waals surface area contributed by atoms with E-state index in [1.807, 2.05) is 31.2 Å². The zero-order valence-corrected chi connectivity index (χ0v) is 12.8. The number of halogens is 1. The highest BCUT2D eigenvalue weighted by Gasteiger charge is 2.30. The zero-order chi connectivity index (χ0) is 13.9. The minimum atomic E-state index is -0.546. The molecule has 2 rings (SSSR count). The van der Waals surface area contributed by atoms with E-state index in [9.17, 15) is 9.90 Å². The molecule has 1 unspecified atom stereocenters. The lowest BCUT2D eigenvalue weighted by Crippen LogP contribution is -2.30. The van der Waals surface area contributed by atoms with Gasteiger partial charge in [0.15, 0.2) is 5.78 Å². The number of likely N-dealkylation sites (tertiary alicyclic amines) is 1. The maximum atomic E-state index is 12.0. The first kappa shape index (κ1) is 14.7. The number of hydrogen-bond acceptors (Lipinski definition) is 3. The Morgan fingerprint density at radius 2 is 2.11 bits per heavy atom. The van der Waals surface area contributed by atoms with Gasteiger partial charge in [-0.15, -0.1) is 0 Å². The van der Waals surface area contributed by atoms with E-state index in [1.165, 1.54) is 0 Å². The summed E-state index contributed by atoms with van der Waals surface area (Å²) in [6.07, 6.45) is 2.25. The van der Waals surface area contributed by atoms with Crippen molar-refractivity contribution in [1.29, 1.82) is 0 Å². The van der Waals surface area contributed by atoms with E-state index in [4.69, 9.17) is 0 Å². The molecule has 1 aromatic rings. The van der Waals surface area contributed by atoms with Gasteiger partial charge in [-0.3, -0.25) is 4.79 Å². The molecule has 19 heavy (non-hydrogen) atoms. The predicted molar refractivity (Wildman–Crippen MR) is 79.4 cm³/mol. The Balaban J connectivity index is 1.74. The van der Waals surface area contributed by atoms with Crippen LogP contribution in [0.4, 0.5) is 0 Å². The Morgan fingerprint density at radius 3 is 2.68 bits per heavy atom. The number of carbonyl (C=O) groups excluding carboxylic acids is 1. The second kappa shape index (κ2) is 6.16. The van der Waals surface area contributed by atoms with Crippen molar-refractivity contribution in [1.82, 2.24) is 4.90 Å². The molecule has 0 amide bonds. The molecule has 1 fully saturated rings. The summed E-state index contributed by atoms with van der Waals surface area (Å²) in [7, 11) is 0. The topological polar surface area (TPSA) is 40.5 Å². The minimum Gasteiger partial charge on any atom is -0.389 e. The van der Waals surface area contributed by atoms with E-state index < -0.39 is 5.60 Å². The lowest BCUT2D eigenvalue weighted by Gasteiger charge is -2.18. The molecule has 1 heterocycles. The molecule has 0 radical (unpaired) electrons. The Bertz CT molecular complexity index is 442. The van der Waals surface area contributed by atoms with Crippen LogP contribution in [0.15, 0.2) is 28.7 Å². The monoisotopic (exact) mass is 325 g/mol. The van der Waals surface area contributed by atoms with Crippen LogP contribution in [0.5, 0.6) is 0 Å². The molecule has 3 nitrogen and oxygen atoms in total. The van der Waals surface area contributed by atoms with Crippen LogP contribution < -0.4 is 0 Å². The van der Waals surface area contributed by atoms with Gasteiger partial charge in [0.2, 0.25) is 0 Å². The van der Waals surface area contributed by atoms with Crippen LogP contribution in [0.2, 0.25) is 0 Å². The summed E-state index contributed by atoms with van der Waals surface area (Å²) in [6, 6.07) is 7.50. The van der Waals surface area contributed by atoms with Gasteiger partial charge in [0.05, 0.1) is 5.60 Å². The van der Waals surface area contributed by atoms with Crippen LogP contribution in [0, 0.1) is 0 Å². The highest BCUT2D eigenvalue weighted by atomic mass is 79.9. The van der Waals surface area contributed by atoms with Crippen molar-refractivity contribution in [3.63, 3.8) is 0 Å². The molecule has 0 saturated carbocycles. The molecule has 0 bridgehead atoms. The van der Waals surface area contributed by atoms with Crippen molar-refractivity contribution < 1.29 is 9.90 Å². The van der Waals surface area contributed by atoms with Crippen LogP contribution in [0.3, 0.4) is 0 Å². The highest BCUT2D eigenvalue weighted by molar-refractivity contribution is 9.10. The normalized spacial score (nSPS) is 23.7. The average molecular weight is 326 g/mol. The largest absolute Gasteiger partial charge is 0.389 e. The number of ketones is 1. The molecular formula is C15H20BrNO2. The number of nitrogens with zero attached hydrogens (tertiary/aromatic N) is 1. The zero-order valence-electron chi connectivity index (χ0n) is 11.2. The highest BCUT2D eigenvalue weighted by Crippen LogP contribution is 2.20. The smallest absolute Gasteiger partial charge is 0.162 e. The van der Waals surface area contributed by atoms with Crippen LogP contribution in [-0.2, 0) is 0 Å². The van der Waals surface area contributed by atoms with Crippen LogP contribution in [0.1, 0.15) is 36.5 Å². The van der Waals surface area contributed by atoms with Gasteiger partial charge in [0.25, 0.3) is 0 Å². The molecule has 0 aromatic heterocycles. The molecule has 1 atom stereocenters. The molecule has 1 aliphatic heterocycles. The summed E-state index contributed by atoms with van der Waals surface area (Å²) in [5, 5.41) is 9.86. The lowest BCUT2D eigenvalue weighted by atomic mass is 10.1. The Labute approximate surface area is 122 Å². The maximum absolute atomic E-state index is 12.0. The van der Waals surface area contributed by atoms with Crippen molar-refractivity contribution in [3.05, 3.63) is 34.3 Å². The van der Waals surface area contributed by atoms with Gasteiger partial charge in [0.1, 0.15) is 0 Å². The van der Waals surface area contributed by atoms with E-state index in [2.05, 4.69) is 20.8 Å². The second-order valence-electron chi connectivity index (χ2n) is 5.56. The number of rotatable bonds is 5. The van der Waals surface area contributed by atoms with Crippen molar-refractivity contribution >= 4 is 21.7 Å². The lowest BCUT2D eigenvalue weighted by molar-refractivity contribution is 0.0685. The third-order valence-electron chi connectivity index (χ3n) is 3.58. The summed E-state index contributed by atoms with van der Waals surface area (Å²) in [5.74, 6) is 0.193. The van der Waals surface area contributed by atoms with Crippen molar-refractivity contribution in [2.75, 3.05) is 19.6 Å². The van der Waals surface area contributed by atoms with E-state index in [-0.39, 0.29) is 5.78 Å². The SMILES string of the molecule is CC1(O)CCN(CCCC(=O)c2ccc(Br)cc2)C1. The first-order chi connectivity index (χ1) is 8.96. The molecule has 1 N–H and O–H groups in total. The van der Waals surface area contributed by atoms with Crippen molar-refractivity contribution in [2.45, 2.75) is 31.8 Å². The summed E-state index contributed by atoms with van der Waals surface area (Å²) < 4.78 is 0.989. The maximum Gasteiger partial charge on any atom is 0.162 e. The Morgan fingerprint density at radius 1 is 1.42 bits per heavy atom. The number of aliphatic hydroxyl groups is 1. The third kappa shape index (κ3) is 4.41. The minimum absolute atomic E-state index is 0.193. The van der Waals surface area contributed by atoms with E-state index in [0.717, 1.165) is 42.5 Å². The standard InChI is InChI=1S/C15H20BrNO2/c1-15(19)8-10-17(11-15)9-2-3-14(18)12-4-6-13(16)7-5-12/h4-7,19H,2-3,8-11H2,1H3. The molecule has 1 aromatic carbocycles. The molecule has 4 heteroatoms. The summed E-state index contributed by atoms with van der Waals surface area (Å²) >= 11 is 3.36. The van der Waals surface area contributed by atoms with Gasteiger partial charge in [-0.1, -0.05) is 28.1 Å². The molecule has 0 aliphatic carbocycles. The first-order valence-corrected chi connectivity index (χ1v) is 7.49. The number of carbonyl (C=O) groups is 1. The van der Waals surface area contributed by atoms with Gasteiger partial charge < -0.3 is 10.0 Å². The molecule has 1 aliphatic rings. The van der Waals surface area contributed by atoms with Gasteiger partial charge in [-0.25, -0.2) is 0 Å². The Hall–Kier alpha value is -0.710. The number of β-amino-alcohol motifs (C(OH)–C–C–N with tert-alkyl or cyclic N) is 1. The van der Waals surface area contributed by atoms with Gasteiger partial charge in [0, 0.05) is 29.5 Å². The van der Waals surface area contributed by atoms with Crippen LogP contribution in [-0.4, -0.2) is 41.0 Å². The van der Waals surface area contributed by atoms with E-state index in [0.29, 0.717) is 6.42 Å². The fraction of sp³-hybridized carbons (Fsp3) is 0.533. The quantitative estimate of drug-likeness (QED) is 0.846. The van der Waals surface area contributed by atoms with E-state index in [1.54, 1.807) is 0 Å². The average Bonchev–Trinajstić information content (AvgIpc) is 2.69. The molecule has 1 saturated heterocycles. The summed E-state index contributed by atoms with van der Waals surface area (Å²) in [6.45, 7) is 4.41.